The van der Waals surface area contributed by atoms with E-state index in [0.717, 1.165) is 25.2 Å². The molecule has 1 aliphatic heterocycles. The normalized spacial score (nSPS) is 19.5. The average Bonchev–Trinajstić information content (AvgIpc) is 2.85. The number of carbonyl (C=O) groups excluding carboxylic acids is 1. The molecule has 1 unspecified atom stereocenters. The summed E-state index contributed by atoms with van der Waals surface area (Å²) in [6.45, 7) is 4.24. The minimum absolute atomic E-state index is 0.119. The molecule has 0 radical (unpaired) electrons. The van der Waals surface area contributed by atoms with Gasteiger partial charge in [0.25, 0.3) is 0 Å². The van der Waals surface area contributed by atoms with Gasteiger partial charge in [-0.15, -0.1) is 0 Å². The number of rotatable bonds is 6. The summed E-state index contributed by atoms with van der Waals surface area (Å²) in [6.07, 6.45) is 1.19. The molecule has 104 valence electrons. The van der Waals surface area contributed by atoms with Crippen LogP contribution in [0.3, 0.4) is 0 Å². The van der Waals surface area contributed by atoms with Crippen molar-refractivity contribution in [1.29, 1.82) is 0 Å². The van der Waals surface area contributed by atoms with E-state index in [2.05, 4.69) is 15.5 Å². The molecular weight excluding hydrogens is 238 g/mol. The van der Waals surface area contributed by atoms with E-state index in [1.54, 1.807) is 0 Å². The van der Waals surface area contributed by atoms with Crippen LogP contribution in [0.2, 0.25) is 0 Å². The number of nitrogens with zero attached hydrogens (tertiary/aromatic N) is 1. The van der Waals surface area contributed by atoms with Crippen LogP contribution in [0.4, 0.5) is 0 Å². The Kier molecular flexibility index (Phi) is 5.36. The van der Waals surface area contributed by atoms with E-state index in [-0.39, 0.29) is 5.91 Å². The van der Waals surface area contributed by atoms with Crippen LogP contribution < -0.4 is 10.6 Å². The Bertz CT molecular complexity index is 394. The van der Waals surface area contributed by atoms with Gasteiger partial charge in [0.2, 0.25) is 5.91 Å². The number of hydrogen-bond donors (Lipinski definition) is 2. The number of benzene rings is 1. The van der Waals surface area contributed by atoms with Crippen LogP contribution in [-0.2, 0) is 11.3 Å². The van der Waals surface area contributed by atoms with Crippen LogP contribution in [0.5, 0.6) is 0 Å². The third-order valence-electron chi connectivity index (χ3n) is 3.56. The third kappa shape index (κ3) is 4.65. The van der Waals surface area contributed by atoms with Crippen LogP contribution in [0.25, 0.3) is 0 Å². The Hall–Kier alpha value is -1.39. The Morgan fingerprint density at radius 1 is 1.37 bits per heavy atom. The molecule has 1 saturated heterocycles. The van der Waals surface area contributed by atoms with E-state index in [9.17, 15) is 4.79 Å². The molecule has 0 aromatic heterocycles. The second-order valence-electron chi connectivity index (χ2n) is 5.21. The van der Waals surface area contributed by atoms with E-state index < -0.39 is 0 Å². The maximum atomic E-state index is 11.9. The first-order valence-electron chi connectivity index (χ1n) is 6.95. The van der Waals surface area contributed by atoms with Crippen molar-refractivity contribution in [3.05, 3.63) is 35.9 Å². The number of hydrogen-bond acceptors (Lipinski definition) is 3. The van der Waals surface area contributed by atoms with Crippen molar-refractivity contribution in [1.82, 2.24) is 15.5 Å². The molecule has 0 saturated carbocycles. The first-order chi connectivity index (χ1) is 9.28. The zero-order valence-electron chi connectivity index (χ0n) is 11.6. The summed E-state index contributed by atoms with van der Waals surface area (Å²) in [5, 5.41) is 6.18. The van der Waals surface area contributed by atoms with Crippen molar-refractivity contribution in [3.63, 3.8) is 0 Å². The molecule has 1 aliphatic rings. The van der Waals surface area contributed by atoms with E-state index >= 15 is 0 Å². The van der Waals surface area contributed by atoms with Crippen molar-refractivity contribution in [2.45, 2.75) is 13.0 Å². The predicted molar refractivity (Wildman–Crippen MR) is 76.8 cm³/mol. The van der Waals surface area contributed by atoms with Gasteiger partial charge in [-0.25, -0.2) is 0 Å². The van der Waals surface area contributed by atoms with Gasteiger partial charge in [-0.1, -0.05) is 30.3 Å². The topological polar surface area (TPSA) is 44.4 Å². The van der Waals surface area contributed by atoms with E-state index in [1.165, 1.54) is 6.42 Å². The second kappa shape index (κ2) is 7.26. The van der Waals surface area contributed by atoms with Crippen LogP contribution in [-0.4, -0.2) is 44.0 Å². The number of nitrogens with one attached hydrogen (secondary N) is 2. The fraction of sp³-hybridized carbons (Fsp3) is 0.533. The highest BCUT2D eigenvalue weighted by atomic mass is 16.2. The van der Waals surface area contributed by atoms with Crippen molar-refractivity contribution in [3.8, 4) is 0 Å². The van der Waals surface area contributed by atoms with E-state index in [4.69, 9.17) is 0 Å². The Balaban J connectivity index is 1.68. The SMILES string of the molecule is CNCC1CCN(CC(=O)NCc2ccccc2)C1. The first kappa shape index (κ1) is 14.0. The van der Waals surface area contributed by atoms with Gasteiger partial charge < -0.3 is 10.6 Å². The van der Waals surface area contributed by atoms with Gasteiger partial charge in [0.05, 0.1) is 6.54 Å². The monoisotopic (exact) mass is 261 g/mol. The molecule has 4 nitrogen and oxygen atoms in total. The van der Waals surface area contributed by atoms with Gasteiger partial charge in [-0.3, -0.25) is 9.69 Å². The summed E-state index contributed by atoms with van der Waals surface area (Å²) in [6, 6.07) is 10.0. The summed E-state index contributed by atoms with van der Waals surface area (Å²) in [7, 11) is 1.98. The standard InChI is InChI=1S/C15H23N3O/c1-16-9-14-7-8-18(11-14)12-15(19)17-10-13-5-3-2-4-6-13/h2-6,14,16H,7-12H2,1H3,(H,17,19). The highest BCUT2D eigenvalue weighted by molar-refractivity contribution is 5.78. The molecular formula is C15H23N3O. The zero-order chi connectivity index (χ0) is 13.5. The minimum Gasteiger partial charge on any atom is -0.351 e. The summed E-state index contributed by atoms with van der Waals surface area (Å²) in [4.78, 5) is 14.1. The molecule has 0 aliphatic carbocycles. The van der Waals surface area contributed by atoms with Crippen molar-refractivity contribution < 1.29 is 4.79 Å². The molecule has 1 fully saturated rings. The molecule has 1 amide bonds. The van der Waals surface area contributed by atoms with Crippen molar-refractivity contribution >= 4 is 5.91 Å². The van der Waals surface area contributed by atoms with Crippen molar-refractivity contribution in [2.24, 2.45) is 5.92 Å². The van der Waals surface area contributed by atoms with Gasteiger partial charge in [-0.05, 0) is 38.0 Å². The Labute approximate surface area is 115 Å². The van der Waals surface area contributed by atoms with Crippen LogP contribution >= 0.6 is 0 Å². The molecule has 19 heavy (non-hydrogen) atoms. The molecule has 1 atom stereocenters. The Morgan fingerprint density at radius 3 is 2.89 bits per heavy atom. The summed E-state index contributed by atoms with van der Waals surface area (Å²) in [5.41, 5.74) is 1.14. The highest BCUT2D eigenvalue weighted by Crippen LogP contribution is 2.14. The number of likely N-dealkylation sites (tertiary alicyclic amines) is 1. The maximum absolute atomic E-state index is 11.9. The van der Waals surface area contributed by atoms with Crippen molar-refractivity contribution in [2.75, 3.05) is 33.2 Å². The number of amides is 1. The van der Waals surface area contributed by atoms with Crippen LogP contribution in [0.15, 0.2) is 30.3 Å². The largest absolute Gasteiger partial charge is 0.351 e. The fourth-order valence-corrected chi connectivity index (χ4v) is 2.57. The van der Waals surface area contributed by atoms with Gasteiger partial charge in [-0.2, -0.15) is 0 Å². The summed E-state index contributed by atoms with van der Waals surface area (Å²) in [5.74, 6) is 0.806. The van der Waals surface area contributed by atoms with Gasteiger partial charge in [0.1, 0.15) is 0 Å². The molecule has 2 rings (SSSR count). The van der Waals surface area contributed by atoms with Gasteiger partial charge in [0.15, 0.2) is 0 Å². The molecule has 1 aromatic rings. The van der Waals surface area contributed by atoms with E-state index in [0.29, 0.717) is 19.0 Å². The van der Waals surface area contributed by atoms with Crippen LogP contribution in [0, 0.1) is 5.92 Å². The molecule has 1 heterocycles. The molecule has 0 bridgehead atoms. The average molecular weight is 261 g/mol. The lowest BCUT2D eigenvalue weighted by Crippen LogP contribution is -2.36. The predicted octanol–water partition coefficient (Wildman–Crippen LogP) is 0.844. The summed E-state index contributed by atoms with van der Waals surface area (Å²) < 4.78 is 0. The molecule has 4 heteroatoms. The smallest absolute Gasteiger partial charge is 0.234 e. The molecule has 2 N–H and O–H groups in total. The third-order valence-corrected chi connectivity index (χ3v) is 3.56. The lowest BCUT2D eigenvalue weighted by Gasteiger charge is -2.15. The quantitative estimate of drug-likeness (QED) is 0.798. The second-order valence-corrected chi connectivity index (χ2v) is 5.21. The maximum Gasteiger partial charge on any atom is 0.234 e. The molecule has 1 aromatic carbocycles. The zero-order valence-corrected chi connectivity index (χ0v) is 11.6. The minimum atomic E-state index is 0.119. The lowest BCUT2D eigenvalue weighted by molar-refractivity contribution is -0.122. The van der Waals surface area contributed by atoms with Gasteiger partial charge in [0, 0.05) is 13.1 Å². The number of carbonyl (C=O) groups is 1. The fourth-order valence-electron chi connectivity index (χ4n) is 2.57. The molecule has 0 spiro atoms. The summed E-state index contributed by atoms with van der Waals surface area (Å²) >= 11 is 0. The van der Waals surface area contributed by atoms with Crippen LogP contribution in [0.1, 0.15) is 12.0 Å². The van der Waals surface area contributed by atoms with E-state index in [1.807, 2.05) is 37.4 Å². The lowest BCUT2D eigenvalue weighted by atomic mass is 10.1. The first-order valence-corrected chi connectivity index (χ1v) is 6.95. The van der Waals surface area contributed by atoms with Gasteiger partial charge >= 0.3 is 0 Å². The Morgan fingerprint density at radius 2 is 2.16 bits per heavy atom. The highest BCUT2D eigenvalue weighted by Gasteiger charge is 2.23.